The van der Waals surface area contributed by atoms with Crippen LogP contribution in [0.4, 0.5) is 0 Å². The fourth-order valence-corrected chi connectivity index (χ4v) is 8.69. The van der Waals surface area contributed by atoms with E-state index in [-0.39, 0.29) is 21.7 Å². The Hall–Kier alpha value is -6.10. The Morgan fingerprint density at radius 1 is 0.390 bits per heavy atom. The summed E-state index contributed by atoms with van der Waals surface area (Å²) >= 11 is 0. The smallest absolute Gasteiger partial charge is 0.104 e. The van der Waals surface area contributed by atoms with Gasteiger partial charge >= 0.3 is 0 Å². The molecule has 2 heterocycles. The van der Waals surface area contributed by atoms with Crippen LogP contribution < -0.4 is 0 Å². The SMILES string of the molecule is Cc1cc(C#N)cc(-c2cc(-n3c4ccc(C(C)(C)C)cc4c4cc(C(C)(C)C)ccc43)c(C#N)c(-n3c4ccc(C(C)(C)C)cc4c4cc(C(C)(C)C)ccc43)c2)c1. The third-order valence-corrected chi connectivity index (χ3v) is 12.2. The van der Waals surface area contributed by atoms with Gasteiger partial charge in [-0.2, -0.15) is 10.5 Å². The molecular weight excluding hydrogens is 717 g/mol. The number of hydrogen-bond acceptors (Lipinski definition) is 2. The second-order valence-electron chi connectivity index (χ2n) is 20.8. The minimum absolute atomic E-state index is 0.0466. The van der Waals surface area contributed by atoms with Gasteiger partial charge in [-0.3, -0.25) is 0 Å². The van der Waals surface area contributed by atoms with Crippen molar-refractivity contribution in [2.45, 2.75) is 112 Å². The van der Waals surface area contributed by atoms with Gasteiger partial charge in [-0.05, 0) is 140 Å². The maximum absolute atomic E-state index is 11.6. The van der Waals surface area contributed by atoms with E-state index in [9.17, 15) is 10.5 Å². The highest BCUT2D eigenvalue weighted by atomic mass is 15.0. The first kappa shape index (κ1) is 39.7. The van der Waals surface area contributed by atoms with Crippen molar-refractivity contribution < 1.29 is 0 Å². The van der Waals surface area contributed by atoms with Crippen LogP contribution in [-0.2, 0) is 21.7 Å². The Bertz CT molecular complexity index is 2790. The van der Waals surface area contributed by atoms with Crippen LogP contribution >= 0.6 is 0 Å². The van der Waals surface area contributed by atoms with Crippen molar-refractivity contribution in [3.63, 3.8) is 0 Å². The van der Waals surface area contributed by atoms with E-state index in [0.29, 0.717) is 11.1 Å². The van der Waals surface area contributed by atoms with Crippen molar-refractivity contribution in [1.82, 2.24) is 9.13 Å². The predicted octanol–water partition coefficient (Wildman–Crippen LogP) is 14.8. The highest BCUT2D eigenvalue weighted by Crippen LogP contribution is 2.43. The van der Waals surface area contributed by atoms with Gasteiger partial charge in [0.25, 0.3) is 0 Å². The summed E-state index contributed by atoms with van der Waals surface area (Å²) in [5.41, 5.74) is 14.7. The number of hydrogen-bond donors (Lipinski definition) is 0. The predicted molar refractivity (Wildman–Crippen MR) is 250 cm³/mol. The monoisotopic (exact) mass is 772 g/mol. The fourth-order valence-electron chi connectivity index (χ4n) is 8.69. The quantitative estimate of drug-likeness (QED) is 0.180. The van der Waals surface area contributed by atoms with Crippen LogP contribution in [0, 0.1) is 29.6 Å². The standard InChI is InChI=1S/C55H56N4/c1-33-22-34(31-56)24-35(23-33)36-25-50(58-46-18-14-37(52(2,3)4)27-41(46)42-28-38(53(5,6)7)15-19-47(42)58)45(32-57)51(26-36)59-48-20-16-39(54(8,9)10)29-43(48)44-30-40(55(11,12)13)17-21-49(44)59/h14-30H,1-13H3. The first-order valence-corrected chi connectivity index (χ1v) is 20.9. The van der Waals surface area contributed by atoms with E-state index >= 15 is 0 Å². The summed E-state index contributed by atoms with van der Waals surface area (Å²) in [4.78, 5) is 0. The van der Waals surface area contributed by atoms with E-state index in [2.05, 4.69) is 195 Å². The summed E-state index contributed by atoms with van der Waals surface area (Å²) in [7, 11) is 0. The molecule has 8 aromatic rings. The van der Waals surface area contributed by atoms with Gasteiger partial charge in [-0.1, -0.05) is 113 Å². The average molecular weight is 773 g/mol. The van der Waals surface area contributed by atoms with E-state index in [1.807, 2.05) is 19.1 Å². The van der Waals surface area contributed by atoms with Gasteiger partial charge in [0.2, 0.25) is 0 Å². The number of aryl methyl sites for hydroxylation is 1. The minimum Gasteiger partial charge on any atom is -0.308 e. The summed E-state index contributed by atoms with van der Waals surface area (Å²) in [6.07, 6.45) is 0. The molecule has 296 valence electrons. The zero-order chi connectivity index (χ0) is 42.6. The average Bonchev–Trinajstić information content (AvgIpc) is 3.67. The van der Waals surface area contributed by atoms with Gasteiger partial charge in [0.1, 0.15) is 11.6 Å². The van der Waals surface area contributed by atoms with Crippen LogP contribution in [0.2, 0.25) is 0 Å². The molecule has 0 unspecified atom stereocenters. The number of fused-ring (bicyclic) bond motifs is 6. The highest BCUT2D eigenvalue weighted by Gasteiger charge is 2.27. The van der Waals surface area contributed by atoms with Gasteiger partial charge in [0.15, 0.2) is 0 Å². The lowest BCUT2D eigenvalue weighted by atomic mass is 9.85. The van der Waals surface area contributed by atoms with Gasteiger partial charge in [-0.25, -0.2) is 0 Å². The molecule has 0 aliphatic rings. The van der Waals surface area contributed by atoms with Crippen LogP contribution in [-0.4, -0.2) is 9.13 Å². The molecule has 6 aromatic carbocycles. The molecule has 0 aliphatic carbocycles. The zero-order valence-corrected chi connectivity index (χ0v) is 37.1. The number of rotatable bonds is 3. The molecule has 0 amide bonds. The van der Waals surface area contributed by atoms with E-state index in [0.717, 1.165) is 71.7 Å². The van der Waals surface area contributed by atoms with Crippen molar-refractivity contribution in [3.8, 4) is 34.6 Å². The molecule has 59 heavy (non-hydrogen) atoms. The summed E-state index contributed by atoms with van der Waals surface area (Å²) in [5, 5.41) is 26.3. The number of aromatic nitrogens is 2. The van der Waals surface area contributed by atoms with Crippen LogP contribution in [0.5, 0.6) is 0 Å². The molecule has 0 saturated heterocycles. The van der Waals surface area contributed by atoms with E-state index in [1.165, 1.54) is 22.3 Å². The summed E-state index contributed by atoms with van der Waals surface area (Å²) in [6, 6.07) is 42.8. The summed E-state index contributed by atoms with van der Waals surface area (Å²) < 4.78 is 4.61. The second kappa shape index (κ2) is 13.5. The van der Waals surface area contributed by atoms with Crippen LogP contribution in [0.1, 0.15) is 122 Å². The molecule has 0 N–H and O–H groups in total. The zero-order valence-electron chi connectivity index (χ0n) is 37.1. The van der Waals surface area contributed by atoms with Crippen molar-refractivity contribution in [1.29, 1.82) is 10.5 Å². The van der Waals surface area contributed by atoms with Crippen LogP contribution in [0.15, 0.2) is 103 Å². The third-order valence-electron chi connectivity index (χ3n) is 12.2. The molecule has 8 rings (SSSR count). The van der Waals surface area contributed by atoms with Gasteiger partial charge in [0, 0.05) is 21.5 Å². The van der Waals surface area contributed by atoms with Crippen molar-refractivity contribution >= 4 is 43.6 Å². The molecule has 4 nitrogen and oxygen atoms in total. The topological polar surface area (TPSA) is 57.4 Å². The normalized spacial score (nSPS) is 12.8. The summed E-state index contributed by atoms with van der Waals surface area (Å²) in [5.74, 6) is 0. The second-order valence-corrected chi connectivity index (χ2v) is 20.8. The lowest BCUT2D eigenvalue weighted by Gasteiger charge is -2.21. The molecule has 0 radical (unpaired) electrons. The van der Waals surface area contributed by atoms with E-state index in [4.69, 9.17) is 0 Å². The fraction of sp³-hybridized carbons (Fsp3) is 0.309. The van der Waals surface area contributed by atoms with Gasteiger partial charge < -0.3 is 9.13 Å². The minimum atomic E-state index is -0.0466. The molecule has 0 atom stereocenters. The van der Waals surface area contributed by atoms with Crippen LogP contribution in [0.3, 0.4) is 0 Å². The van der Waals surface area contributed by atoms with Crippen molar-refractivity contribution in [2.75, 3.05) is 0 Å². The Morgan fingerprint density at radius 3 is 1.00 bits per heavy atom. The molecular formula is C55H56N4. The first-order valence-electron chi connectivity index (χ1n) is 20.9. The van der Waals surface area contributed by atoms with E-state index in [1.54, 1.807) is 0 Å². The first-order chi connectivity index (χ1) is 27.6. The molecule has 0 fully saturated rings. The molecule has 2 aromatic heterocycles. The largest absolute Gasteiger partial charge is 0.308 e. The van der Waals surface area contributed by atoms with E-state index < -0.39 is 0 Å². The van der Waals surface area contributed by atoms with Gasteiger partial charge in [-0.15, -0.1) is 0 Å². The van der Waals surface area contributed by atoms with Crippen molar-refractivity contribution in [3.05, 3.63) is 142 Å². The van der Waals surface area contributed by atoms with Crippen molar-refractivity contribution in [2.24, 2.45) is 0 Å². The Kier molecular flexibility index (Phi) is 9.07. The summed E-state index contributed by atoms with van der Waals surface area (Å²) in [6.45, 7) is 29.1. The Balaban J connectivity index is 1.56. The highest BCUT2D eigenvalue weighted by molar-refractivity contribution is 6.12. The third kappa shape index (κ3) is 6.80. The lowest BCUT2D eigenvalue weighted by Crippen LogP contribution is -2.11. The van der Waals surface area contributed by atoms with Crippen LogP contribution in [0.25, 0.3) is 66.1 Å². The lowest BCUT2D eigenvalue weighted by molar-refractivity contribution is 0.590. The number of benzene rings is 6. The number of nitrogens with zero attached hydrogens (tertiary/aromatic N) is 4. The molecule has 0 saturated carbocycles. The molecule has 0 aliphatic heterocycles. The Morgan fingerprint density at radius 2 is 0.712 bits per heavy atom. The molecule has 4 heteroatoms. The molecule has 0 spiro atoms. The Labute approximate surface area is 350 Å². The van der Waals surface area contributed by atoms with Gasteiger partial charge in [0.05, 0.1) is 45.1 Å². The molecule has 0 bridgehead atoms. The number of nitriles is 2. The maximum Gasteiger partial charge on any atom is 0.104 e. The maximum atomic E-state index is 11.6.